The summed E-state index contributed by atoms with van der Waals surface area (Å²) >= 11 is 1.85. The first kappa shape index (κ1) is 14.8. The van der Waals surface area contributed by atoms with E-state index in [1.165, 1.54) is 23.4 Å². The molecule has 0 atom stereocenters. The number of methoxy groups -OCH3 is 1. The molecule has 0 aliphatic heterocycles. The van der Waals surface area contributed by atoms with Gasteiger partial charge >= 0.3 is 0 Å². The highest BCUT2D eigenvalue weighted by molar-refractivity contribution is 7.15. The summed E-state index contributed by atoms with van der Waals surface area (Å²) in [5.74, 6) is 0.722. The van der Waals surface area contributed by atoms with Crippen LogP contribution in [0, 0.1) is 0 Å². The molecule has 1 saturated carbocycles. The third-order valence-electron chi connectivity index (χ3n) is 3.43. The summed E-state index contributed by atoms with van der Waals surface area (Å²) in [7, 11) is 1.75. The third kappa shape index (κ3) is 3.91. The van der Waals surface area contributed by atoms with Gasteiger partial charge in [-0.3, -0.25) is 0 Å². The lowest BCUT2D eigenvalue weighted by atomic mass is 10.2. The molecule has 1 aromatic rings. The zero-order valence-electron chi connectivity index (χ0n) is 12.2. The Labute approximate surface area is 120 Å². The second-order valence-electron chi connectivity index (χ2n) is 4.93. The number of ether oxygens (including phenoxy) is 1. The minimum atomic E-state index is 0.722. The van der Waals surface area contributed by atoms with Crippen molar-refractivity contribution in [2.45, 2.75) is 39.2 Å². The minimum Gasteiger partial charge on any atom is -0.383 e. The Morgan fingerprint density at radius 2 is 2.21 bits per heavy atom. The highest BCUT2D eigenvalue weighted by atomic mass is 32.1. The monoisotopic (exact) mass is 283 g/mol. The molecule has 1 fully saturated rings. The molecule has 1 N–H and O–H groups in total. The van der Waals surface area contributed by atoms with Gasteiger partial charge in [0.15, 0.2) is 5.13 Å². The van der Waals surface area contributed by atoms with E-state index >= 15 is 0 Å². The van der Waals surface area contributed by atoms with Gasteiger partial charge in [0, 0.05) is 37.5 Å². The first-order valence-corrected chi connectivity index (χ1v) is 8.05. The number of thiazole rings is 1. The van der Waals surface area contributed by atoms with Crippen molar-refractivity contribution in [2.75, 3.05) is 38.3 Å². The quantitative estimate of drug-likeness (QED) is 0.756. The number of rotatable bonds is 9. The van der Waals surface area contributed by atoms with Crippen LogP contribution in [0.5, 0.6) is 0 Å². The predicted molar refractivity (Wildman–Crippen MR) is 81.2 cm³/mol. The number of likely N-dealkylation sites (N-methyl/N-ethyl adjacent to an activating group) is 1. The normalized spacial score (nSPS) is 14.9. The first-order chi connectivity index (χ1) is 9.30. The molecule has 1 aliphatic carbocycles. The molecular weight excluding hydrogens is 258 g/mol. The minimum absolute atomic E-state index is 0.722. The molecule has 1 aromatic heterocycles. The Morgan fingerprint density at radius 3 is 2.79 bits per heavy atom. The molecule has 0 radical (unpaired) electrons. The lowest BCUT2D eigenvalue weighted by Gasteiger charge is -2.18. The van der Waals surface area contributed by atoms with E-state index < -0.39 is 0 Å². The molecule has 1 heterocycles. The lowest BCUT2D eigenvalue weighted by molar-refractivity contribution is 0.205. The summed E-state index contributed by atoms with van der Waals surface area (Å²) in [4.78, 5) is 8.64. The molecule has 1 aliphatic rings. The van der Waals surface area contributed by atoms with Crippen LogP contribution in [0.4, 0.5) is 5.13 Å². The molecule has 0 unspecified atom stereocenters. The number of hydrogen-bond acceptors (Lipinski definition) is 5. The van der Waals surface area contributed by atoms with Gasteiger partial charge in [-0.1, -0.05) is 6.92 Å². The van der Waals surface area contributed by atoms with Gasteiger partial charge in [-0.05, 0) is 26.3 Å². The van der Waals surface area contributed by atoms with Crippen molar-refractivity contribution >= 4 is 16.5 Å². The van der Waals surface area contributed by atoms with Crippen molar-refractivity contribution in [2.24, 2.45) is 0 Å². The lowest BCUT2D eigenvalue weighted by Crippen LogP contribution is -2.26. The average Bonchev–Trinajstić information content (AvgIpc) is 3.19. The standard InChI is InChI=1S/C14H25N3OS/c1-4-15-10-12-13(11-6-7-11)16-14(19-12)17(5-2)8-9-18-3/h11,15H,4-10H2,1-3H3. The molecule has 0 bridgehead atoms. The van der Waals surface area contributed by atoms with Crippen LogP contribution >= 0.6 is 11.3 Å². The van der Waals surface area contributed by atoms with Gasteiger partial charge < -0.3 is 15.0 Å². The number of nitrogens with one attached hydrogen (secondary N) is 1. The van der Waals surface area contributed by atoms with Crippen LogP contribution < -0.4 is 10.2 Å². The van der Waals surface area contributed by atoms with Gasteiger partial charge in [-0.2, -0.15) is 0 Å². The van der Waals surface area contributed by atoms with Crippen LogP contribution in [0.2, 0.25) is 0 Å². The van der Waals surface area contributed by atoms with Crippen LogP contribution in [0.15, 0.2) is 0 Å². The fourth-order valence-electron chi connectivity index (χ4n) is 2.12. The van der Waals surface area contributed by atoms with E-state index in [9.17, 15) is 0 Å². The number of nitrogens with zero attached hydrogens (tertiary/aromatic N) is 2. The van der Waals surface area contributed by atoms with Crippen molar-refractivity contribution in [1.82, 2.24) is 10.3 Å². The highest BCUT2D eigenvalue weighted by Crippen LogP contribution is 2.44. The summed E-state index contributed by atoms with van der Waals surface area (Å²) in [5, 5.41) is 4.59. The second kappa shape index (κ2) is 7.22. The topological polar surface area (TPSA) is 37.4 Å². The Balaban J connectivity index is 2.10. The van der Waals surface area contributed by atoms with Crippen molar-refractivity contribution in [3.05, 3.63) is 10.6 Å². The van der Waals surface area contributed by atoms with Gasteiger partial charge in [0.2, 0.25) is 0 Å². The van der Waals surface area contributed by atoms with Crippen LogP contribution in [-0.4, -0.2) is 38.3 Å². The molecule has 0 amide bonds. The maximum absolute atomic E-state index is 5.18. The first-order valence-electron chi connectivity index (χ1n) is 7.24. The zero-order chi connectivity index (χ0) is 13.7. The largest absolute Gasteiger partial charge is 0.383 e. The van der Waals surface area contributed by atoms with Gasteiger partial charge in [0.25, 0.3) is 0 Å². The smallest absolute Gasteiger partial charge is 0.185 e. The van der Waals surface area contributed by atoms with Crippen LogP contribution in [0.1, 0.15) is 43.2 Å². The fourth-order valence-corrected chi connectivity index (χ4v) is 3.32. The maximum atomic E-state index is 5.18. The summed E-state index contributed by atoms with van der Waals surface area (Å²) in [6, 6.07) is 0. The van der Waals surface area contributed by atoms with Crippen LogP contribution in [0.25, 0.3) is 0 Å². The highest BCUT2D eigenvalue weighted by Gasteiger charge is 2.30. The van der Waals surface area contributed by atoms with E-state index in [1.807, 2.05) is 11.3 Å². The molecule has 108 valence electrons. The predicted octanol–water partition coefficient (Wildman–Crippen LogP) is 2.60. The Hall–Kier alpha value is -0.650. The van der Waals surface area contributed by atoms with Crippen LogP contribution in [-0.2, 0) is 11.3 Å². The van der Waals surface area contributed by atoms with Gasteiger partial charge in [-0.25, -0.2) is 4.98 Å². The molecular formula is C14H25N3OS. The summed E-state index contributed by atoms with van der Waals surface area (Å²) in [6.07, 6.45) is 2.62. The number of hydrogen-bond donors (Lipinski definition) is 1. The van der Waals surface area contributed by atoms with Crippen LogP contribution in [0.3, 0.4) is 0 Å². The van der Waals surface area contributed by atoms with Crippen molar-refractivity contribution in [1.29, 1.82) is 0 Å². The zero-order valence-corrected chi connectivity index (χ0v) is 13.1. The molecule has 0 spiro atoms. The molecule has 0 aromatic carbocycles. The van der Waals surface area contributed by atoms with Crippen molar-refractivity contribution < 1.29 is 4.74 Å². The van der Waals surface area contributed by atoms with Gasteiger partial charge in [-0.15, -0.1) is 11.3 Å². The summed E-state index contributed by atoms with van der Waals surface area (Å²) < 4.78 is 5.18. The maximum Gasteiger partial charge on any atom is 0.185 e. The van der Waals surface area contributed by atoms with E-state index in [4.69, 9.17) is 9.72 Å². The average molecular weight is 283 g/mol. The van der Waals surface area contributed by atoms with Crippen molar-refractivity contribution in [3.8, 4) is 0 Å². The van der Waals surface area contributed by atoms with E-state index in [1.54, 1.807) is 7.11 Å². The third-order valence-corrected chi connectivity index (χ3v) is 4.57. The number of anilines is 1. The van der Waals surface area contributed by atoms with Gasteiger partial charge in [0.05, 0.1) is 12.3 Å². The second-order valence-corrected chi connectivity index (χ2v) is 5.99. The van der Waals surface area contributed by atoms with Crippen molar-refractivity contribution in [3.63, 3.8) is 0 Å². The molecule has 4 nitrogen and oxygen atoms in total. The molecule has 5 heteroatoms. The number of aromatic nitrogens is 1. The van der Waals surface area contributed by atoms with E-state index in [0.717, 1.165) is 43.8 Å². The molecule has 19 heavy (non-hydrogen) atoms. The Kier molecular flexibility index (Phi) is 5.60. The Bertz CT molecular complexity index is 390. The Morgan fingerprint density at radius 1 is 1.42 bits per heavy atom. The summed E-state index contributed by atoms with van der Waals surface area (Å²) in [5.41, 5.74) is 1.34. The molecule has 2 rings (SSSR count). The van der Waals surface area contributed by atoms with E-state index in [2.05, 4.69) is 24.1 Å². The van der Waals surface area contributed by atoms with E-state index in [0.29, 0.717) is 0 Å². The fraction of sp³-hybridized carbons (Fsp3) is 0.786. The van der Waals surface area contributed by atoms with E-state index in [-0.39, 0.29) is 0 Å². The molecule has 0 saturated heterocycles. The SMILES string of the molecule is CCNCc1sc(N(CC)CCOC)nc1C1CC1. The summed E-state index contributed by atoms with van der Waals surface area (Å²) in [6.45, 7) is 8.97. The van der Waals surface area contributed by atoms with Gasteiger partial charge in [0.1, 0.15) is 0 Å².